The van der Waals surface area contributed by atoms with Crippen molar-refractivity contribution in [3.8, 4) is 0 Å². The van der Waals surface area contributed by atoms with Crippen LogP contribution in [0.2, 0.25) is 0 Å². The predicted molar refractivity (Wildman–Crippen MR) is 98.9 cm³/mol. The van der Waals surface area contributed by atoms with Crippen LogP contribution in [-0.2, 0) is 19.3 Å². The first-order valence-corrected chi connectivity index (χ1v) is 7.31. The van der Waals surface area contributed by atoms with E-state index in [2.05, 4.69) is 33.7 Å². The zero-order valence-corrected chi connectivity index (χ0v) is 15.0. The standard InChI is InChI=1S/C16H20N4O.HI/c1-11-9-15(21-20-11)7-8-18-16(17)19-14-6-5-12-3-2-4-13(12)10-14;/h5-6,9-10H,2-4,7-8H2,1H3,(H3,17,18,19);1H. The molecule has 0 aliphatic heterocycles. The van der Waals surface area contributed by atoms with Gasteiger partial charge in [-0.05, 0) is 49.4 Å². The average molecular weight is 412 g/mol. The molecule has 0 radical (unpaired) electrons. The molecule has 6 heteroatoms. The number of aryl methyl sites for hydroxylation is 3. The minimum atomic E-state index is 0. The Hall–Kier alpha value is -1.57. The lowest BCUT2D eigenvalue weighted by Crippen LogP contribution is -2.23. The largest absolute Gasteiger partial charge is 0.370 e. The summed E-state index contributed by atoms with van der Waals surface area (Å²) in [5, 5.41) is 6.99. The zero-order chi connectivity index (χ0) is 14.7. The average Bonchev–Trinajstić information content (AvgIpc) is 3.07. The maximum atomic E-state index is 5.91. The Morgan fingerprint density at radius 3 is 2.91 bits per heavy atom. The summed E-state index contributed by atoms with van der Waals surface area (Å²) in [7, 11) is 0. The summed E-state index contributed by atoms with van der Waals surface area (Å²) in [5.74, 6) is 1.27. The molecule has 3 rings (SSSR count). The zero-order valence-electron chi connectivity index (χ0n) is 12.6. The lowest BCUT2D eigenvalue weighted by Gasteiger charge is -2.07. The quantitative estimate of drug-likeness (QED) is 0.460. The topological polar surface area (TPSA) is 76.4 Å². The molecular weight excluding hydrogens is 391 g/mol. The van der Waals surface area contributed by atoms with Crippen molar-refractivity contribution in [2.45, 2.75) is 32.6 Å². The van der Waals surface area contributed by atoms with E-state index in [-0.39, 0.29) is 24.0 Å². The van der Waals surface area contributed by atoms with Crippen LogP contribution in [0.4, 0.5) is 5.69 Å². The molecule has 0 saturated heterocycles. The fraction of sp³-hybridized carbons (Fsp3) is 0.375. The fourth-order valence-electron chi connectivity index (χ4n) is 2.66. The molecule has 1 aliphatic carbocycles. The Balaban J connectivity index is 0.00000176. The monoisotopic (exact) mass is 412 g/mol. The van der Waals surface area contributed by atoms with Crippen molar-refractivity contribution >= 4 is 35.6 Å². The third-order valence-electron chi connectivity index (χ3n) is 3.69. The van der Waals surface area contributed by atoms with E-state index in [0.717, 1.165) is 23.6 Å². The number of nitrogens with one attached hydrogen (secondary N) is 1. The van der Waals surface area contributed by atoms with Crippen molar-refractivity contribution < 1.29 is 4.52 Å². The van der Waals surface area contributed by atoms with Crippen LogP contribution in [0.15, 0.2) is 33.8 Å². The van der Waals surface area contributed by atoms with Gasteiger partial charge in [0.15, 0.2) is 5.96 Å². The molecule has 118 valence electrons. The number of nitrogens with zero attached hydrogens (tertiary/aromatic N) is 2. The summed E-state index contributed by atoms with van der Waals surface area (Å²) in [6.45, 7) is 2.48. The summed E-state index contributed by atoms with van der Waals surface area (Å²) < 4.78 is 5.13. The maximum absolute atomic E-state index is 5.91. The second-order valence-electron chi connectivity index (χ2n) is 5.41. The number of rotatable bonds is 4. The highest BCUT2D eigenvalue weighted by Crippen LogP contribution is 2.24. The second-order valence-corrected chi connectivity index (χ2v) is 5.41. The van der Waals surface area contributed by atoms with Crippen molar-refractivity contribution in [1.29, 1.82) is 0 Å². The van der Waals surface area contributed by atoms with Crippen LogP contribution < -0.4 is 11.1 Å². The second kappa shape index (κ2) is 7.62. The van der Waals surface area contributed by atoms with E-state index in [1.807, 2.05) is 13.0 Å². The number of hydrogen-bond acceptors (Lipinski definition) is 3. The van der Waals surface area contributed by atoms with Crippen LogP contribution in [0.5, 0.6) is 0 Å². The first-order valence-electron chi connectivity index (χ1n) is 7.31. The van der Waals surface area contributed by atoms with Gasteiger partial charge in [0.2, 0.25) is 0 Å². The van der Waals surface area contributed by atoms with Gasteiger partial charge in [-0.15, -0.1) is 24.0 Å². The van der Waals surface area contributed by atoms with E-state index in [0.29, 0.717) is 18.9 Å². The third-order valence-corrected chi connectivity index (χ3v) is 3.69. The molecule has 2 aromatic rings. The molecule has 1 aliphatic rings. The molecule has 1 aromatic carbocycles. The number of anilines is 1. The minimum Gasteiger partial charge on any atom is -0.370 e. The number of hydrogen-bond donors (Lipinski definition) is 2. The molecule has 3 N–H and O–H groups in total. The van der Waals surface area contributed by atoms with Gasteiger partial charge in [0.25, 0.3) is 0 Å². The fourth-order valence-corrected chi connectivity index (χ4v) is 2.66. The van der Waals surface area contributed by atoms with Gasteiger partial charge >= 0.3 is 0 Å². The van der Waals surface area contributed by atoms with Gasteiger partial charge < -0.3 is 15.6 Å². The molecule has 0 bridgehead atoms. The van der Waals surface area contributed by atoms with Gasteiger partial charge in [-0.25, -0.2) is 0 Å². The first kappa shape index (κ1) is 16.8. The Bertz CT molecular complexity index is 666. The number of aliphatic imine (C=N–C) groups is 1. The molecule has 0 atom stereocenters. The van der Waals surface area contributed by atoms with Crippen LogP contribution >= 0.6 is 24.0 Å². The van der Waals surface area contributed by atoms with Crippen LogP contribution in [-0.4, -0.2) is 17.7 Å². The van der Waals surface area contributed by atoms with Gasteiger partial charge in [-0.1, -0.05) is 11.2 Å². The lowest BCUT2D eigenvalue weighted by atomic mass is 10.1. The Kier molecular flexibility index (Phi) is 5.82. The minimum absolute atomic E-state index is 0. The predicted octanol–water partition coefficient (Wildman–Crippen LogP) is 3.06. The molecule has 0 unspecified atom stereocenters. The van der Waals surface area contributed by atoms with Gasteiger partial charge in [0, 0.05) is 24.7 Å². The van der Waals surface area contributed by atoms with E-state index in [1.54, 1.807) is 0 Å². The smallest absolute Gasteiger partial charge is 0.193 e. The third kappa shape index (κ3) is 4.22. The first-order chi connectivity index (χ1) is 10.2. The van der Waals surface area contributed by atoms with Crippen LogP contribution in [0.3, 0.4) is 0 Å². The van der Waals surface area contributed by atoms with E-state index in [4.69, 9.17) is 10.3 Å². The number of halogens is 1. The summed E-state index contributed by atoms with van der Waals surface area (Å²) in [4.78, 5) is 4.31. The number of fused-ring (bicyclic) bond motifs is 1. The number of nitrogens with two attached hydrogens (primary N) is 1. The van der Waals surface area contributed by atoms with Crippen molar-refractivity contribution in [2.75, 3.05) is 11.9 Å². The van der Waals surface area contributed by atoms with Crippen molar-refractivity contribution in [3.63, 3.8) is 0 Å². The summed E-state index contributed by atoms with van der Waals surface area (Å²) in [5.41, 5.74) is 10.7. The molecule has 1 heterocycles. The maximum Gasteiger partial charge on any atom is 0.193 e. The molecule has 0 spiro atoms. The molecule has 5 nitrogen and oxygen atoms in total. The number of guanidine groups is 1. The van der Waals surface area contributed by atoms with Gasteiger partial charge in [0.1, 0.15) is 5.76 Å². The number of aromatic nitrogens is 1. The number of benzene rings is 1. The highest BCUT2D eigenvalue weighted by Gasteiger charge is 2.10. The van der Waals surface area contributed by atoms with Gasteiger partial charge in [0.05, 0.1) is 5.69 Å². The van der Waals surface area contributed by atoms with E-state index < -0.39 is 0 Å². The normalized spacial score (nSPS) is 13.6. The van der Waals surface area contributed by atoms with Crippen molar-refractivity contribution in [3.05, 3.63) is 46.8 Å². The molecular formula is C16H21IN4O. The molecule has 1 aromatic heterocycles. The summed E-state index contributed by atoms with van der Waals surface area (Å²) in [6.07, 6.45) is 4.30. The Morgan fingerprint density at radius 2 is 2.14 bits per heavy atom. The van der Waals surface area contributed by atoms with Crippen LogP contribution in [0, 0.1) is 6.92 Å². The van der Waals surface area contributed by atoms with Crippen LogP contribution in [0.1, 0.15) is 29.0 Å². The summed E-state index contributed by atoms with van der Waals surface area (Å²) in [6, 6.07) is 8.33. The SMILES string of the molecule is Cc1cc(CCN=C(N)Nc2ccc3c(c2)CCC3)on1.I. The van der Waals surface area contributed by atoms with E-state index in [9.17, 15) is 0 Å². The van der Waals surface area contributed by atoms with Gasteiger partial charge in [-0.2, -0.15) is 0 Å². The molecule has 0 fully saturated rings. The molecule has 0 saturated carbocycles. The molecule has 22 heavy (non-hydrogen) atoms. The van der Waals surface area contributed by atoms with Crippen molar-refractivity contribution in [2.24, 2.45) is 10.7 Å². The Labute approximate surface area is 147 Å². The lowest BCUT2D eigenvalue weighted by molar-refractivity contribution is 0.381. The summed E-state index contributed by atoms with van der Waals surface area (Å²) >= 11 is 0. The van der Waals surface area contributed by atoms with Crippen molar-refractivity contribution in [1.82, 2.24) is 5.16 Å². The van der Waals surface area contributed by atoms with E-state index in [1.165, 1.54) is 24.0 Å². The highest BCUT2D eigenvalue weighted by atomic mass is 127. The van der Waals surface area contributed by atoms with E-state index >= 15 is 0 Å². The molecule has 0 amide bonds. The van der Waals surface area contributed by atoms with Crippen LogP contribution in [0.25, 0.3) is 0 Å². The highest BCUT2D eigenvalue weighted by molar-refractivity contribution is 14.0. The Morgan fingerprint density at radius 1 is 1.32 bits per heavy atom. The van der Waals surface area contributed by atoms with Gasteiger partial charge in [-0.3, -0.25) is 4.99 Å².